The highest BCUT2D eigenvalue weighted by Crippen LogP contribution is 2.17. The number of unbranched alkanes of at least 4 members (excludes halogenated alkanes) is 1. The minimum Gasteiger partial charge on any atom is -0.465 e. The average Bonchev–Trinajstić information content (AvgIpc) is 2.35. The number of benzene rings is 1. The third kappa shape index (κ3) is 5.02. The maximum absolute atomic E-state index is 13.5. The van der Waals surface area contributed by atoms with Crippen LogP contribution in [-0.2, 0) is 16.1 Å². The number of carbonyl (C=O) groups excluding carboxylic acids is 1. The highest BCUT2D eigenvalue weighted by molar-refractivity contribution is 6.30. The Morgan fingerprint density at radius 2 is 2.28 bits per heavy atom. The molecule has 0 amide bonds. The van der Waals surface area contributed by atoms with E-state index in [0.717, 1.165) is 12.8 Å². The van der Waals surface area contributed by atoms with E-state index in [1.54, 1.807) is 12.1 Å². The Labute approximate surface area is 111 Å². The molecule has 18 heavy (non-hydrogen) atoms. The fraction of sp³-hybridized carbons (Fsp3) is 0.462. The number of halogens is 2. The average molecular weight is 274 g/mol. The van der Waals surface area contributed by atoms with Gasteiger partial charge in [0.2, 0.25) is 0 Å². The molecule has 1 rings (SSSR count). The van der Waals surface area contributed by atoms with Crippen LogP contribution >= 0.6 is 11.6 Å². The first-order valence-electron chi connectivity index (χ1n) is 5.94. The van der Waals surface area contributed by atoms with E-state index in [0.29, 0.717) is 12.2 Å². The van der Waals surface area contributed by atoms with E-state index in [-0.39, 0.29) is 24.1 Å². The predicted octanol–water partition coefficient (Wildman–Crippen LogP) is 2.91. The molecule has 0 saturated carbocycles. The van der Waals surface area contributed by atoms with E-state index in [2.05, 4.69) is 5.32 Å². The molecule has 0 aliphatic heterocycles. The molecule has 0 unspecified atom stereocenters. The van der Waals surface area contributed by atoms with E-state index in [1.807, 2.05) is 6.92 Å². The van der Waals surface area contributed by atoms with Crippen molar-refractivity contribution in [2.45, 2.75) is 26.3 Å². The number of ether oxygens (including phenoxy) is 1. The molecule has 0 heterocycles. The number of rotatable bonds is 7. The second kappa shape index (κ2) is 8.06. The number of esters is 1. The number of carbonyl (C=O) groups is 1. The molecule has 0 spiro atoms. The Balaban J connectivity index is 2.29. The highest BCUT2D eigenvalue weighted by atomic mass is 35.5. The van der Waals surface area contributed by atoms with Gasteiger partial charge in [0.05, 0.1) is 18.2 Å². The van der Waals surface area contributed by atoms with Crippen LogP contribution in [0.1, 0.15) is 25.3 Å². The monoisotopic (exact) mass is 273 g/mol. The molecule has 5 heteroatoms. The van der Waals surface area contributed by atoms with E-state index < -0.39 is 5.82 Å². The normalized spacial score (nSPS) is 10.4. The summed E-state index contributed by atoms with van der Waals surface area (Å²) < 4.78 is 18.4. The molecule has 3 nitrogen and oxygen atoms in total. The van der Waals surface area contributed by atoms with Crippen LogP contribution in [0.3, 0.4) is 0 Å². The molecule has 1 aromatic carbocycles. The summed E-state index contributed by atoms with van der Waals surface area (Å²) in [6, 6.07) is 4.78. The first-order valence-corrected chi connectivity index (χ1v) is 6.32. The minimum absolute atomic E-state index is 0.0651. The summed E-state index contributed by atoms with van der Waals surface area (Å²) in [4.78, 5) is 11.3. The zero-order valence-corrected chi connectivity index (χ0v) is 11.1. The van der Waals surface area contributed by atoms with E-state index in [1.165, 1.54) is 6.07 Å². The molecular formula is C13H17ClFNO2. The quantitative estimate of drug-likeness (QED) is 0.613. The van der Waals surface area contributed by atoms with Crippen molar-refractivity contribution in [3.63, 3.8) is 0 Å². The first kappa shape index (κ1) is 14.9. The van der Waals surface area contributed by atoms with Crippen LogP contribution in [0.4, 0.5) is 4.39 Å². The second-order valence-corrected chi connectivity index (χ2v) is 4.30. The van der Waals surface area contributed by atoms with Crippen molar-refractivity contribution in [1.29, 1.82) is 0 Å². The van der Waals surface area contributed by atoms with Crippen molar-refractivity contribution >= 4 is 17.6 Å². The van der Waals surface area contributed by atoms with Crippen molar-refractivity contribution in [2.24, 2.45) is 0 Å². The van der Waals surface area contributed by atoms with Gasteiger partial charge in [-0.05, 0) is 12.5 Å². The molecule has 0 aliphatic rings. The van der Waals surface area contributed by atoms with Gasteiger partial charge in [0, 0.05) is 12.1 Å². The first-order chi connectivity index (χ1) is 8.65. The summed E-state index contributed by atoms with van der Waals surface area (Å²) in [7, 11) is 0. The van der Waals surface area contributed by atoms with Crippen LogP contribution in [0.2, 0.25) is 5.02 Å². The molecule has 0 aliphatic carbocycles. The van der Waals surface area contributed by atoms with Crippen LogP contribution in [0, 0.1) is 5.82 Å². The number of hydrogen-bond acceptors (Lipinski definition) is 3. The van der Waals surface area contributed by atoms with E-state index in [4.69, 9.17) is 16.3 Å². The third-order valence-electron chi connectivity index (χ3n) is 2.38. The van der Waals surface area contributed by atoms with Gasteiger partial charge in [-0.25, -0.2) is 4.39 Å². The topological polar surface area (TPSA) is 38.3 Å². The molecule has 1 N–H and O–H groups in total. The summed E-state index contributed by atoms with van der Waals surface area (Å²) in [5, 5.41) is 2.91. The molecule has 1 aromatic rings. The molecular weight excluding hydrogens is 257 g/mol. The predicted molar refractivity (Wildman–Crippen MR) is 69.0 cm³/mol. The number of hydrogen-bond donors (Lipinski definition) is 1. The lowest BCUT2D eigenvalue weighted by Gasteiger charge is -2.07. The lowest BCUT2D eigenvalue weighted by atomic mass is 10.2. The maximum atomic E-state index is 13.5. The van der Waals surface area contributed by atoms with Crippen LogP contribution in [0.5, 0.6) is 0 Å². The van der Waals surface area contributed by atoms with Gasteiger partial charge in [-0.15, -0.1) is 0 Å². The SMILES string of the molecule is CCCCOC(=O)CNCc1cccc(Cl)c1F. The Hall–Kier alpha value is -1.13. The molecule has 0 radical (unpaired) electrons. The Morgan fingerprint density at radius 1 is 1.50 bits per heavy atom. The Bertz CT molecular complexity index is 399. The smallest absolute Gasteiger partial charge is 0.319 e. The third-order valence-corrected chi connectivity index (χ3v) is 2.67. The lowest BCUT2D eigenvalue weighted by molar-refractivity contribution is -0.142. The van der Waals surface area contributed by atoms with Crippen LogP contribution in [-0.4, -0.2) is 19.1 Å². The van der Waals surface area contributed by atoms with Crippen LogP contribution < -0.4 is 5.32 Å². The fourth-order valence-electron chi connectivity index (χ4n) is 1.37. The van der Waals surface area contributed by atoms with Crippen LogP contribution in [0.25, 0.3) is 0 Å². The summed E-state index contributed by atoms with van der Waals surface area (Å²) in [6.07, 6.45) is 1.84. The van der Waals surface area contributed by atoms with Gasteiger partial charge in [-0.2, -0.15) is 0 Å². The van der Waals surface area contributed by atoms with Gasteiger partial charge in [0.25, 0.3) is 0 Å². The van der Waals surface area contributed by atoms with E-state index in [9.17, 15) is 9.18 Å². The maximum Gasteiger partial charge on any atom is 0.319 e. The second-order valence-electron chi connectivity index (χ2n) is 3.89. The molecule has 100 valence electrons. The molecule has 0 aromatic heterocycles. The van der Waals surface area contributed by atoms with Crippen molar-refractivity contribution < 1.29 is 13.9 Å². The van der Waals surface area contributed by atoms with Crippen molar-refractivity contribution in [1.82, 2.24) is 5.32 Å². The van der Waals surface area contributed by atoms with Gasteiger partial charge in [-0.3, -0.25) is 4.79 Å². The molecule has 0 saturated heterocycles. The summed E-state index contributed by atoms with van der Waals surface area (Å²) in [6.45, 7) is 2.77. The molecule has 0 fully saturated rings. The minimum atomic E-state index is -0.453. The van der Waals surface area contributed by atoms with E-state index >= 15 is 0 Å². The summed E-state index contributed by atoms with van der Waals surface area (Å²) in [5.74, 6) is -0.781. The standard InChI is InChI=1S/C13H17ClFNO2/c1-2-3-7-18-12(17)9-16-8-10-5-4-6-11(14)13(10)15/h4-6,16H,2-3,7-9H2,1H3. The lowest BCUT2D eigenvalue weighted by Crippen LogP contribution is -2.25. The number of nitrogens with one attached hydrogen (secondary N) is 1. The summed E-state index contributed by atoms with van der Waals surface area (Å²) in [5.41, 5.74) is 0.434. The Morgan fingerprint density at radius 3 is 3.00 bits per heavy atom. The Kier molecular flexibility index (Phi) is 6.68. The van der Waals surface area contributed by atoms with Gasteiger partial charge in [0.1, 0.15) is 5.82 Å². The van der Waals surface area contributed by atoms with Gasteiger partial charge in [-0.1, -0.05) is 37.1 Å². The van der Waals surface area contributed by atoms with Gasteiger partial charge < -0.3 is 10.1 Å². The zero-order chi connectivity index (χ0) is 13.4. The van der Waals surface area contributed by atoms with Gasteiger partial charge >= 0.3 is 5.97 Å². The fourth-order valence-corrected chi connectivity index (χ4v) is 1.56. The van der Waals surface area contributed by atoms with Crippen molar-refractivity contribution in [2.75, 3.05) is 13.2 Å². The summed E-state index contributed by atoms with van der Waals surface area (Å²) >= 11 is 5.65. The zero-order valence-electron chi connectivity index (χ0n) is 10.3. The molecule has 0 bridgehead atoms. The highest BCUT2D eigenvalue weighted by Gasteiger charge is 2.07. The van der Waals surface area contributed by atoms with Crippen LogP contribution in [0.15, 0.2) is 18.2 Å². The van der Waals surface area contributed by atoms with Gasteiger partial charge in [0.15, 0.2) is 0 Å². The van der Waals surface area contributed by atoms with Crippen molar-refractivity contribution in [3.05, 3.63) is 34.6 Å². The van der Waals surface area contributed by atoms with Crippen molar-refractivity contribution in [3.8, 4) is 0 Å². The molecule has 0 atom stereocenters. The largest absolute Gasteiger partial charge is 0.465 e.